The molecule has 1 saturated heterocycles. The molecule has 33 heavy (non-hydrogen) atoms. The standard InChI is InChI=1S/C25H26N4O4/c1-2-3-12-28-23(31)18-9-8-16(15-19(18)24(28)32)22(30)27-13-10-17(11-14-27)29-21-7-5-4-6-20(21)26-25(29)33/h4-9,15,17H,2-3,10-14H2,1H3,(H,26,33). The summed E-state index contributed by atoms with van der Waals surface area (Å²) in [6, 6.07) is 12.4. The minimum Gasteiger partial charge on any atom is -0.338 e. The summed E-state index contributed by atoms with van der Waals surface area (Å²) in [6.07, 6.45) is 2.98. The molecule has 3 amide bonds. The summed E-state index contributed by atoms with van der Waals surface area (Å²) in [7, 11) is 0. The van der Waals surface area contributed by atoms with Gasteiger partial charge in [-0.1, -0.05) is 25.5 Å². The number of imidazole rings is 1. The second kappa shape index (κ2) is 8.35. The van der Waals surface area contributed by atoms with Gasteiger partial charge in [-0.25, -0.2) is 4.79 Å². The van der Waals surface area contributed by atoms with E-state index in [1.807, 2.05) is 31.2 Å². The van der Waals surface area contributed by atoms with E-state index in [1.165, 1.54) is 4.90 Å². The third-order valence-corrected chi connectivity index (χ3v) is 6.69. The molecule has 0 radical (unpaired) electrons. The lowest BCUT2D eigenvalue weighted by Crippen LogP contribution is -2.40. The Bertz CT molecular complexity index is 1310. The van der Waals surface area contributed by atoms with Crippen LogP contribution in [0.25, 0.3) is 11.0 Å². The monoisotopic (exact) mass is 446 g/mol. The predicted molar refractivity (Wildman–Crippen MR) is 123 cm³/mol. The molecule has 0 bridgehead atoms. The number of hydrogen-bond donors (Lipinski definition) is 1. The number of carbonyl (C=O) groups is 3. The number of hydrogen-bond acceptors (Lipinski definition) is 4. The van der Waals surface area contributed by atoms with Gasteiger partial charge < -0.3 is 9.88 Å². The second-order valence-electron chi connectivity index (χ2n) is 8.72. The molecule has 1 N–H and O–H groups in total. The number of amides is 3. The zero-order valence-electron chi connectivity index (χ0n) is 18.5. The van der Waals surface area contributed by atoms with Gasteiger partial charge in [0.1, 0.15) is 0 Å². The van der Waals surface area contributed by atoms with Gasteiger partial charge in [-0.15, -0.1) is 0 Å². The molecule has 2 aliphatic heterocycles. The van der Waals surface area contributed by atoms with Gasteiger partial charge in [-0.05, 0) is 49.6 Å². The zero-order chi connectivity index (χ0) is 23.1. The number of unbranched alkanes of at least 4 members (excludes halogenated alkanes) is 1. The van der Waals surface area contributed by atoms with Crippen LogP contribution in [0.15, 0.2) is 47.3 Å². The number of nitrogens with one attached hydrogen (secondary N) is 1. The van der Waals surface area contributed by atoms with Crippen molar-refractivity contribution in [2.75, 3.05) is 19.6 Å². The van der Waals surface area contributed by atoms with E-state index in [9.17, 15) is 19.2 Å². The number of carbonyl (C=O) groups excluding carboxylic acids is 3. The molecule has 0 atom stereocenters. The molecule has 2 aromatic carbocycles. The average molecular weight is 447 g/mol. The van der Waals surface area contributed by atoms with Crippen molar-refractivity contribution in [1.82, 2.24) is 19.4 Å². The summed E-state index contributed by atoms with van der Waals surface area (Å²) >= 11 is 0. The minimum absolute atomic E-state index is 0.0176. The number of H-pyrrole nitrogens is 1. The van der Waals surface area contributed by atoms with E-state index < -0.39 is 0 Å². The molecule has 2 aliphatic rings. The van der Waals surface area contributed by atoms with Crippen molar-refractivity contribution in [3.05, 3.63) is 69.6 Å². The van der Waals surface area contributed by atoms with Crippen LogP contribution in [-0.4, -0.2) is 56.7 Å². The van der Waals surface area contributed by atoms with Crippen molar-refractivity contribution in [3.63, 3.8) is 0 Å². The Kier molecular flexibility index (Phi) is 5.36. The van der Waals surface area contributed by atoms with E-state index in [0.29, 0.717) is 49.2 Å². The number of imide groups is 1. The van der Waals surface area contributed by atoms with E-state index in [-0.39, 0.29) is 29.5 Å². The summed E-state index contributed by atoms with van der Waals surface area (Å²) in [5, 5.41) is 0. The quantitative estimate of drug-likeness (QED) is 0.609. The second-order valence-corrected chi connectivity index (χ2v) is 8.72. The third kappa shape index (κ3) is 3.55. The van der Waals surface area contributed by atoms with Gasteiger partial charge in [-0.3, -0.25) is 23.9 Å². The van der Waals surface area contributed by atoms with Gasteiger partial charge in [0.15, 0.2) is 0 Å². The Hall–Kier alpha value is -3.68. The number of nitrogens with zero attached hydrogens (tertiary/aromatic N) is 3. The molecule has 5 rings (SSSR count). The van der Waals surface area contributed by atoms with Crippen molar-refractivity contribution in [3.8, 4) is 0 Å². The van der Waals surface area contributed by atoms with E-state index in [4.69, 9.17) is 0 Å². The molecule has 0 saturated carbocycles. The van der Waals surface area contributed by atoms with Gasteiger partial charge in [-0.2, -0.15) is 0 Å². The lowest BCUT2D eigenvalue weighted by Gasteiger charge is -2.32. The molecule has 1 aromatic heterocycles. The molecule has 1 fully saturated rings. The van der Waals surface area contributed by atoms with E-state index in [0.717, 1.165) is 23.9 Å². The van der Waals surface area contributed by atoms with Crippen LogP contribution in [0.2, 0.25) is 0 Å². The van der Waals surface area contributed by atoms with Crippen molar-refractivity contribution in [2.24, 2.45) is 0 Å². The van der Waals surface area contributed by atoms with Crippen LogP contribution in [0.4, 0.5) is 0 Å². The fourth-order valence-electron chi connectivity index (χ4n) is 4.89. The van der Waals surface area contributed by atoms with Gasteiger partial charge in [0, 0.05) is 31.2 Å². The first kappa shape index (κ1) is 21.2. The van der Waals surface area contributed by atoms with Crippen molar-refractivity contribution in [1.29, 1.82) is 0 Å². The van der Waals surface area contributed by atoms with E-state index >= 15 is 0 Å². The van der Waals surface area contributed by atoms with Crippen molar-refractivity contribution >= 4 is 28.8 Å². The summed E-state index contributed by atoms with van der Waals surface area (Å²) in [5.74, 6) is -0.766. The molecule has 170 valence electrons. The lowest BCUT2D eigenvalue weighted by molar-refractivity contribution is 0.0651. The highest BCUT2D eigenvalue weighted by atomic mass is 16.2. The maximum absolute atomic E-state index is 13.2. The van der Waals surface area contributed by atoms with Crippen molar-refractivity contribution in [2.45, 2.75) is 38.6 Å². The SMILES string of the molecule is CCCCN1C(=O)c2ccc(C(=O)N3CCC(n4c(=O)[nH]c5ccccc54)CC3)cc2C1=O. The number of fused-ring (bicyclic) bond motifs is 2. The van der Waals surface area contributed by atoms with Crippen LogP contribution in [0.5, 0.6) is 0 Å². The van der Waals surface area contributed by atoms with Crippen LogP contribution in [0.3, 0.4) is 0 Å². The fourth-order valence-corrected chi connectivity index (χ4v) is 4.89. The van der Waals surface area contributed by atoms with Crippen molar-refractivity contribution < 1.29 is 14.4 Å². The average Bonchev–Trinajstić information content (AvgIpc) is 3.30. The topological polar surface area (TPSA) is 95.5 Å². The van der Waals surface area contributed by atoms with Crippen LogP contribution in [0, 0.1) is 0 Å². The predicted octanol–water partition coefficient (Wildman–Crippen LogP) is 3.20. The highest BCUT2D eigenvalue weighted by Gasteiger charge is 2.36. The molecule has 0 spiro atoms. The third-order valence-electron chi connectivity index (χ3n) is 6.69. The number of para-hydroxylation sites is 2. The summed E-state index contributed by atoms with van der Waals surface area (Å²) in [5.41, 5.74) is 2.64. The van der Waals surface area contributed by atoms with E-state index in [2.05, 4.69) is 4.98 Å². The molecular weight excluding hydrogens is 420 g/mol. The number of likely N-dealkylation sites (tertiary alicyclic amines) is 1. The lowest BCUT2D eigenvalue weighted by atomic mass is 10.0. The molecule has 8 nitrogen and oxygen atoms in total. The number of piperidine rings is 1. The number of aromatic nitrogens is 2. The molecule has 0 aliphatic carbocycles. The van der Waals surface area contributed by atoms with Crippen LogP contribution in [0.1, 0.15) is 69.7 Å². The molecule has 8 heteroatoms. The molecule has 3 aromatic rings. The summed E-state index contributed by atoms with van der Waals surface area (Å²) < 4.78 is 1.79. The largest absolute Gasteiger partial charge is 0.338 e. The van der Waals surface area contributed by atoms with Gasteiger partial charge in [0.2, 0.25) is 0 Å². The smallest absolute Gasteiger partial charge is 0.326 e. The van der Waals surface area contributed by atoms with Gasteiger partial charge in [0.05, 0.1) is 22.2 Å². The Morgan fingerprint density at radius 1 is 1.00 bits per heavy atom. The molecular formula is C25H26N4O4. The van der Waals surface area contributed by atoms with Crippen LogP contribution >= 0.6 is 0 Å². The van der Waals surface area contributed by atoms with Crippen LogP contribution in [-0.2, 0) is 0 Å². The van der Waals surface area contributed by atoms with E-state index in [1.54, 1.807) is 27.7 Å². The highest BCUT2D eigenvalue weighted by Crippen LogP contribution is 2.28. The normalized spacial score (nSPS) is 16.6. The first-order valence-corrected chi connectivity index (χ1v) is 11.5. The number of benzene rings is 2. The summed E-state index contributed by atoms with van der Waals surface area (Å²) in [6.45, 7) is 3.43. The Labute approximate surface area is 190 Å². The van der Waals surface area contributed by atoms with Gasteiger partial charge >= 0.3 is 5.69 Å². The Balaban J connectivity index is 1.31. The first-order valence-electron chi connectivity index (χ1n) is 11.5. The maximum atomic E-state index is 13.2. The molecule has 3 heterocycles. The highest BCUT2D eigenvalue weighted by molar-refractivity contribution is 6.22. The molecule has 0 unspecified atom stereocenters. The first-order chi connectivity index (χ1) is 16.0. The fraction of sp³-hybridized carbons (Fsp3) is 0.360. The van der Waals surface area contributed by atoms with Gasteiger partial charge in [0.25, 0.3) is 17.7 Å². The number of aromatic amines is 1. The Morgan fingerprint density at radius 2 is 1.73 bits per heavy atom. The maximum Gasteiger partial charge on any atom is 0.326 e. The zero-order valence-corrected chi connectivity index (χ0v) is 18.5. The Morgan fingerprint density at radius 3 is 2.48 bits per heavy atom. The van der Waals surface area contributed by atoms with Crippen LogP contribution < -0.4 is 5.69 Å². The summed E-state index contributed by atoms with van der Waals surface area (Å²) in [4.78, 5) is 56.8. The number of rotatable bonds is 5. The minimum atomic E-state index is -0.324.